The van der Waals surface area contributed by atoms with Gasteiger partial charge in [-0.05, 0) is 37.8 Å². The Morgan fingerprint density at radius 1 is 0.914 bits per heavy atom. The summed E-state index contributed by atoms with van der Waals surface area (Å²) in [6.07, 6.45) is 15.7. The normalized spacial score (nSPS) is 17.8. The molecule has 0 atom stereocenters. The van der Waals surface area contributed by atoms with Crippen LogP contribution >= 0.6 is 11.8 Å². The van der Waals surface area contributed by atoms with Crippen LogP contribution in [0.4, 0.5) is 0 Å². The first-order valence-electron chi connectivity index (χ1n) is 12.9. The van der Waals surface area contributed by atoms with Crippen LogP contribution in [0.25, 0.3) is 22.4 Å². The zero-order valence-electron chi connectivity index (χ0n) is 19.9. The molecular formula is C26H31N7OS. The number of rotatable bonds is 6. The van der Waals surface area contributed by atoms with Gasteiger partial charge in [0.05, 0.1) is 23.0 Å². The number of aromatic nitrogens is 6. The third-order valence-corrected chi connectivity index (χ3v) is 8.42. The minimum Gasteiger partial charge on any atom is -0.336 e. The molecule has 0 saturated heterocycles. The molecule has 9 heteroatoms. The van der Waals surface area contributed by atoms with Crippen molar-refractivity contribution in [3.8, 4) is 5.69 Å². The number of nitrogens with zero attached hydrogens (tertiary/aromatic N) is 7. The van der Waals surface area contributed by atoms with Gasteiger partial charge < -0.3 is 4.90 Å². The molecule has 2 aliphatic rings. The molecule has 0 aliphatic heterocycles. The average molecular weight is 490 g/mol. The Kier molecular flexibility index (Phi) is 6.41. The molecule has 4 aromatic rings. The van der Waals surface area contributed by atoms with Crippen LogP contribution in [0.5, 0.6) is 0 Å². The SMILES string of the molecule is O=C(CSc1nnc2c3cnn(-c4ccccc4)c3ncn12)N(C1CCCCC1)C1CCCCC1. The molecule has 0 N–H and O–H groups in total. The van der Waals surface area contributed by atoms with E-state index in [0.29, 0.717) is 28.6 Å². The Labute approximate surface area is 209 Å². The lowest BCUT2D eigenvalue weighted by atomic mass is 9.88. The number of carbonyl (C=O) groups excluding carboxylic acids is 1. The molecule has 0 spiro atoms. The smallest absolute Gasteiger partial charge is 0.233 e. The highest BCUT2D eigenvalue weighted by Gasteiger charge is 2.32. The average Bonchev–Trinajstić information content (AvgIpc) is 3.53. The molecule has 0 unspecified atom stereocenters. The number of para-hydroxylation sites is 1. The molecule has 182 valence electrons. The lowest BCUT2D eigenvalue weighted by molar-refractivity contribution is -0.135. The van der Waals surface area contributed by atoms with Gasteiger partial charge in [-0.1, -0.05) is 68.5 Å². The summed E-state index contributed by atoms with van der Waals surface area (Å²) in [7, 11) is 0. The van der Waals surface area contributed by atoms with Crippen molar-refractivity contribution in [3.63, 3.8) is 0 Å². The molecule has 2 saturated carbocycles. The predicted molar refractivity (Wildman–Crippen MR) is 137 cm³/mol. The molecule has 3 heterocycles. The molecule has 1 aromatic carbocycles. The minimum absolute atomic E-state index is 0.247. The second-order valence-electron chi connectivity index (χ2n) is 9.72. The number of hydrogen-bond donors (Lipinski definition) is 0. The predicted octanol–water partition coefficient (Wildman–Crippen LogP) is 5.05. The van der Waals surface area contributed by atoms with Crippen LogP contribution in [-0.2, 0) is 4.79 Å². The van der Waals surface area contributed by atoms with Crippen LogP contribution in [0.2, 0.25) is 0 Å². The zero-order valence-corrected chi connectivity index (χ0v) is 20.7. The van der Waals surface area contributed by atoms with Gasteiger partial charge in [-0.25, -0.2) is 9.67 Å². The summed E-state index contributed by atoms with van der Waals surface area (Å²) >= 11 is 1.46. The Balaban J connectivity index is 1.23. The summed E-state index contributed by atoms with van der Waals surface area (Å²) in [4.78, 5) is 20.5. The number of carbonyl (C=O) groups is 1. The van der Waals surface area contributed by atoms with Gasteiger partial charge in [0.2, 0.25) is 5.91 Å². The lowest BCUT2D eigenvalue weighted by Crippen LogP contribution is -2.49. The van der Waals surface area contributed by atoms with Crippen molar-refractivity contribution >= 4 is 34.3 Å². The van der Waals surface area contributed by atoms with Crippen LogP contribution in [0.1, 0.15) is 64.2 Å². The summed E-state index contributed by atoms with van der Waals surface area (Å²) in [6, 6.07) is 10.7. The summed E-state index contributed by atoms with van der Waals surface area (Å²) < 4.78 is 3.69. The zero-order chi connectivity index (χ0) is 23.6. The second-order valence-corrected chi connectivity index (χ2v) is 10.7. The quantitative estimate of drug-likeness (QED) is 0.353. The Hall–Kier alpha value is -2.94. The minimum atomic E-state index is 0.247. The van der Waals surface area contributed by atoms with Crippen LogP contribution in [-0.4, -0.2) is 58.0 Å². The van der Waals surface area contributed by atoms with E-state index in [1.165, 1.54) is 50.3 Å². The van der Waals surface area contributed by atoms with E-state index in [2.05, 4.69) is 25.2 Å². The molecule has 1 amide bonds. The maximum atomic E-state index is 13.6. The molecule has 2 aliphatic carbocycles. The first kappa shape index (κ1) is 22.5. The largest absolute Gasteiger partial charge is 0.336 e. The van der Waals surface area contributed by atoms with Crippen LogP contribution < -0.4 is 0 Å². The van der Waals surface area contributed by atoms with Crippen LogP contribution in [0, 0.1) is 0 Å². The third kappa shape index (κ3) is 4.42. The number of amides is 1. The maximum absolute atomic E-state index is 13.6. The highest BCUT2D eigenvalue weighted by Crippen LogP contribution is 2.31. The molecule has 35 heavy (non-hydrogen) atoms. The molecule has 0 bridgehead atoms. The number of thioether (sulfide) groups is 1. The molecular weight excluding hydrogens is 458 g/mol. The lowest BCUT2D eigenvalue weighted by Gasteiger charge is -2.41. The Morgan fingerprint density at radius 3 is 2.29 bits per heavy atom. The standard InChI is InChI=1S/C26H31N7OS/c34-23(32(19-10-4-1-5-11-19)20-12-6-2-7-13-20)17-35-26-30-29-25-22-16-28-33(21-14-8-3-9-15-21)24(22)27-18-31(25)26/h3,8-9,14-16,18-20H,1-2,4-7,10-13,17H2. The molecule has 2 fully saturated rings. The van der Waals surface area contributed by atoms with E-state index in [4.69, 9.17) is 0 Å². The van der Waals surface area contributed by atoms with Crippen molar-refractivity contribution in [1.29, 1.82) is 0 Å². The van der Waals surface area contributed by atoms with Crippen LogP contribution in [0.15, 0.2) is 48.0 Å². The third-order valence-electron chi connectivity index (χ3n) is 7.49. The molecule has 8 nitrogen and oxygen atoms in total. The monoisotopic (exact) mass is 489 g/mol. The number of hydrogen-bond acceptors (Lipinski definition) is 6. The van der Waals surface area contributed by atoms with E-state index in [0.717, 1.165) is 42.4 Å². The van der Waals surface area contributed by atoms with Gasteiger partial charge in [0, 0.05) is 12.1 Å². The first-order valence-corrected chi connectivity index (χ1v) is 13.8. The van der Waals surface area contributed by atoms with Gasteiger partial charge in [-0.2, -0.15) is 5.10 Å². The summed E-state index contributed by atoms with van der Waals surface area (Å²) in [5.41, 5.74) is 2.40. The molecule has 0 radical (unpaired) electrons. The van der Waals surface area contributed by atoms with E-state index < -0.39 is 0 Å². The van der Waals surface area contributed by atoms with Crippen molar-refractivity contribution in [2.24, 2.45) is 0 Å². The van der Waals surface area contributed by atoms with Gasteiger partial charge in [0.15, 0.2) is 16.5 Å². The fourth-order valence-electron chi connectivity index (χ4n) is 5.78. The van der Waals surface area contributed by atoms with Crippen molar-refractivity contribution in [2.75, 3.05) is 5.75 Å². The van der Waals surface area contributed by atoms with Crippen molar-refractivity contribution in [3.05, 3.63) is 42.9 Å². The van der Waals surface area contributed by atoms with E-state index in [9.17, 15) is 4.79 Å². The highest BCUT2D eigenvalue weighted by atomic mass is 32.2. The summed E-state index contributed by atoms with van der Waals surface area (Å²) in [6.45, 7) is 0. The topological polar surface area (TPSA) is 81.2 Å². The summed E-state index contributed by atoms with van der Waals surface area (Å²) in [5, 5.41) is 14.9. The van der Waals surface area contributed by atoms with Crippen molar-refractivity contribution in [1.82, 2.24) is 34.3 Å². The van der Waals surface area contributed by atoms with Crippen LogP contribution in [0.3, 0.4) is 0 Å². The second kappa shape index (κ2) is 9.97. The molecule has 3 aromatic heterocycles. The van der Waals surface area contributed by atoms with E-state index in [1.54, 1.807) is 12.5 Å². The maximum Gasteiger partial charge on any atom is 0.233 e. The van der Waals surface area contributed by atoms with E-state index >= 15 is 0 Å². The Bertz CT molecular complexity index is 1290. The molecule has 6 rings (SSSR count). The van der Waals surface area contributed by atoms with Crippen molar-refractivity contribution < 1.29 is 4.79 Å². The fourth-order valence-corrected chi connectivity index (χ4v) is 6.56. The number of benzene rings is 1. The van der Waals surface area contributed by atoms with E-state index in [-0.39, 0.29) is 5.91 Å². The van der Waals surface area contributed by atoms with Gasteiger partial charge in [0.25, 0.3) is 0 Å². The first-order chi connectivity index (χ1) is 17.3. The number of fused-ring (bicyclic) bond motifs is 3. The highest BCUT2D eigenvalue weighted by molar-refractivity contribution is 7.99. The fraction of sp³-hybridized carbons (Fsp3) is 0.500. The van der Waals surface area contributed by atoms with Gasteiger partial charge in [0.1, 0.15) is 6.33 Å². The van der Waals surface area contributed by atoms with Gasteiger partial charge in [-0.15, -0.1) is 10.2 Å². The van der Waals surface area contributed by atoms with E-state index in [1.807, 2.05) is 39.4 Å². The van der Waals surface area contributed by atoms with Crippen molar-refractivity contribution in [2.45, 2.75) is 81.4 Å². The Morgan fingerprint density at radius 2 is 1.60 bits per heavy atom. The van der Waals surface area contributed by atoms with Gasteiger partial charge in [-0.3, -0.25) is 9.20 Å². The van der Waals surface area contributed by atoms with Gasteiger partial charge >= 0.3 is 0 Å². The summed E-state index contributed by atoms with van der Waals surface area (Å²) in [5.74, 6) is 0.631.